The fourth-order valence-electron chi connectivity index (χ4n) is 2.61. The molecule has 3 rings (SSSR count). The molecule has 0 amide bonds. The van der Waals surface area contributed by atoms with Crippen molar-refractivity contribution in [3.63, 3.8) is 0 Å². The van der Waals surface area contributed by atoms with Crippen molar-refractivity contribution in [1.29, 1.82) is 0 Å². The Morgan fingerprint density at radius 2 is 2.05 bits per heavy atom. The van der Waals surface area contributed by atoms with Gasteiger partial charge in [0.2, 0.25) is 17.8 Å². The highest BCUT2D eigenvalue weighted by Crippen LogP contribution is 2.22. The lowest BCUT2D eigenvalue weighted by atomic mass is 10.1. The maximum absolute atomic E-state index is 5.49. The minimum atomic E-state index is 0.361. The molecule has 1 fully saturated rings. The third-order valence-corrected chi connectivity index (χ3v) is 3.79. The summed E-state index contributed by atoms with van der Waals surface area (Å²) in [5.41, 5.74) is 2.52. The summed E-state index contributed by atoms with van der Waals surface area (Å²) >= 11 is 0. The second-order valence-corrected chi connectivity index (χ2v) is 5.27. The molecule has 112 valence electrons. The molecule has 1 aliphatic rings. The Labute approximate surface area is 123 Å². The molecule has 3 N–H and O–H groups in total. The number of nitrogens with two attached hydrogens (primary N) is 1. The van der Waals surface area contributed by atoms with Crippen molar-refractivity contribution in [2.45, 2.75) is 38.6 Å². The lowest BCUT2D eigenvalue weighted by Crippen LogP contribution is -2.34. The van der Waals surface area contributed by atoms with E-state index < -0.39 is 0 Å². The third-order valence-electron chi connectivity index (χ3n) is 3.79. The fourth-order valence-corrected chi connectivity index (χ4v) is 2.61. The summed E-state index contributed by atoms with van der Waals surface area (Å²) in [5, 5.41) is 0. The maximum Gasteiger partial charge on any atom is 0.243 e. The minimum Gasteiger partial charge on any atom is -0.338 e. The zero-order chi connectivity index (χ0) is 14.7. The molecule has 3 heterocycles. The standard InChI is InChI=1S/C13H20N8/c1-10-5-3-2-4-7-21(10)13-17-11(19-14)16-12(18-13)20-8-6-15-9-20/h6,8-10H,2-5,7,14H2,1H3,(H,16,17,18,19). The van der Waals surface area contributed by atoms with Crippen molar-refractivity contribution in [2.75, 3.05) is 16.9 Å². The number of nitrogens with zero attached hydrogens (tertiary/aromatic N) is 6. The number of rotatable bonds is 3. The van der Waals surface area contributed by atoms with E-state index in [-0.39, 0.29) is 0 Å². The van der Waals surface area contributed by atoms with Gasteiger partial charge in [0.25, 0.3) is 0 Å². The Hall–Kier alpha value is -2.22. The number of hydrazine groups is 1. The minimum absolute atomic E-state index is 0.361. The summed E-state index contributed by atoms with van der Waals surface area (Å²) in [6.45, 7) is 3.17. The van der Waals surface area contributed by atoms with Crippen LogP contribution < -0.4 is 16.2 Å². The van der Waals surface area contributed by atoms with Gasteiger partial charge in [0.05, 0.1) is 0 Å². The van der Waals surface area contributed by atoms with Gasteiger partial charge in [-0.15, -0.1) is 0 Å². The third kappa shape index (κ3) is 2.94. The zero-order valence-corrected chi connectivity index (χ0v) is 12.1. The van der Waals surface area contributed by atoms with E-state index in [1.165, 1.54) is 12.8 Å². The molecule has 0 aliphatic carbocycles. The van der Waals surface area contributed by atoms with Crippen LogP contribution in [0.15, 0.2) is 18.7 Å². The van der Waals surface area contributed by atoms with E-state index in [1.807, 2.05) is 0 Å². The first-order valence-electron chi connectivity index (χ1n) is 7.25. The molecule has 0 radical (unpaired) electrons. The molecule has 0 bridgehead atoms. The van der Waals surface area contributed by atoms with E-state index in [1.54, 1.807) is 23.3 Å². The van der Waals surface area contributed by atoms with Crippen LogP contribution in [0, 0.1) is 0 Å². The van der Waals surface area contributed by atoms with E-state index in [0.717, 1.165) is 19.4 Å². The molecule has 2 aromatic rings. The van der Waals surface area contributed by atoms with E-state index in [0.29, 0.717) is 23.9 Å². The van der Waals surface area contributed by atoms with Crippen LogP contribution in [0.3, 0.4) is 0 Å². The predicted molar refractivity (Wildman–Crippen MR) is 80.0 cm³/mol. The van der Waals surface area contributed by atoms with Gasteiger partial charge in [-0.25, -0.2) is 10.8 Å². The smallest absolute Gasteiger partial charge is 0.243 e. The van der Waals surface area contributed by atoms with Crippen LogP contribution in [-0.2, 0) is 0 Å². The Balaban J connectivity index is 1.99. The molecular formula is C13H20N8. The van der Waals surface area contributed by atoms with E-state index in [9.17, 15) is 0 Å². The number of imidazole rings is 1. The largest absolute Gasteiger partial charge is 0.338 e. The van der Waals surface area contributed by atoms with Gasteiger partial charge in [-0.3, -0.25) is 9.99 Å². The van der Waals surface area contributed by atoms with Gasteiger partial charge in [0.15, 0.2) is 0 Å². The molecule has 2 aromatic heterocycles. The van der Waals surface area contributed by atoms with Gasteiger partial charge >= 0.3 is 0 Å². The molecule has 0 saturated carbocycles. The van der Waals surface area contributed by atoms with Gasteiger partial charge in [0.1, 0.15) is 6.33 Å². The van der Waals surface area contributed by atoms with E-state index in [4.69, 9.17) is 5.84 Å². The van der Waals surface area contributed by atoms with Crippen LogP contribution in [0.25, 0.3) is 5.95 Å². The molecule has 8 nitrogen and oxygen atoms in total. The lowest BCUT2D eigenvalue weighted by molar-refractivity contribution is 0.603. The van der Waals surface area contributed by atoms with Crippen molar-refractivity contribution >= 4 is 11.9 Å². The quantitative estimate of drug-likeness (QED) is 0.645. The molecule has 0 aromatic carbocycles. The SMILES string of the molecule is CC1CCCCCN1c1nc(NN)nc(-n2ccnc2)n1. The first kappa shape index (κ1) is 13.7. The molecule has 0 spiro atoms. The Bertz CT molecular complexity index is 582. The monoisotopic (exact) mass is 288 g/mol. The van der Waals surface area contributed by atoms with Crippen LogP contribution in [0.4, 0.5) is 11.9 Å². The maximum atomic E-state index is 5.49. The van der Waals surface area contributed by atoms with Gasteiger partial charge < -0.3 is 4.90 Å². The first-order chi connectivity index (χ1) is 10.3. The lowest BCUT2D eigenvalue weighted by Gasteiger charge is -2.27. The summed E-state index contributed by atoms with van der Waals surface area (Å²) in [4.78, 5) is 19.5. The average Bonchev–Trinajstić information content (AvgIpc) is 2.96. The normalized spacial score (nSPS) is 19.3. The van der Waals surface area contributed by atoms with Crippen molar-refractivity contribution in [1.82, 2.24) is 24.5 Å². The molecule has 1 aliphatic heterocycles. The van der Waals surface area contributed by atoms with Crippen LogP contribution in [0.2, 0.25) is 0 Å². The van der Waals surface area contributed by atoms with Crippen LogP contribution >= 0.6 is 0 Å². The highest BCUT2D eigenvalue weighted by atomic mass is 15.4. The Morgan fingerprint density at radius 3 is 2.81 bits per heavy atom. The van der Waals surface area contributed by atoms with Gasteiger partial charge in [-0.2, -0.15) is 15.0 Å². The van der Waals surface area contributed by atoms with Crippen molar-refractivity contribution in [3.8, 4) is 5.95 Å². The van der Waals surface area contributed by atoms with Crippen molar-refractivity contribution in [2.24, 2.45) is 5.84 Å². The Kier molecular flexibility index (Phi) is 3.96. The fraction of sp³-hybridized carbons (Fsp3) is 0.538. The van der Waals surface area contributed by atoms with Gasteiger partial charge in [-0.1, -0.05) is 12.8 Å². The van der Waals surface area contributed by atoms with Crippen LogP contribution in [0.5, 0.6) is 0 Å². The highest BCUT2D eigenvalue weighted by Gasteiger charge is 2.21. The molecular weight excluding hydrogens is 268 g/mol. The van der Waals surface area contributed by atoms with Crippen molar-refractivity contribution < 1.29 is 0 Å². The van der Waals surface area contributed by atoms with Crippen LogP contribution in [0.1, 0.15) is 32.6 Å². The van der Waals surface area contributed by atoms with Crippen LogP contribution in [-0.4, -0.2) is 37.1 Å². The van der Waals surface area contributed by atoms with Gasteiger partial charge in [0, 0.05) is 25.0 Å². The topological polar surface area (TPSA) is 97.8 Å². The zero-order valence-electron chi connectivity index (χ0n) is 12.1. The second-order valence-electron chi connectivity index (χ2n) is 5.27. The number of nitrogen functional groups attached to an aromatic ring is 1. The summed E-state index contributed by atoms with van der Waals surface area (Å²) < 4.78 is 1.74. The van der Waals surface area contributed by atoms with E-state index in [2.05, 4.69) is 37.2 Å². The number of nitrogens with one attached hydrogen (secondary N) is 1. The Morgan fingerprint density at radius 1 is 1.19 bits per heavy atom. The van der Waals surface area contributed by atoms with Gasteiger partial charge in [-0.05, 0) is 19.8 Å². The molecule has 21 heavy (non-hydrogen) atoms. The number of anilines is 2. The average molecular weight is 288 g/mol. The number of aromatic nitrogens is 5. The second kappa shape index (κ2) is 6.04. The summed E-state index contributed by atoms with van der Waals surface area (Å²) in [5.74, 6) is 7.03. The summed E-state index contributed by atoms with van der Waals surface area (Å²) in [7, 11) is 0. The number of hydrogen-bond acceptors (Lipinski definition) is 7. The molecule has 8 heteroatoms. The molecule has 1 atom stereocenters. The first-order valence-corrected chi connectivity index (χ1v) is 7.25. The summed E-state index contributed by atoms with van der Waals surface area (Å²) in [6.07, 6.45) is 9.95. The predicted octanol–water partition coefficient (Wildman–Crippen LogP) is 1.11. The van der Waals surface area contributed by atoms with Crippen molar-refractivity contribution in [3.05, 3.63) is 18.7 Å². The number of hydrogen-bond donors (Lipinski definition) is 2. The molecule has 1 unspecified atom stereocenters. The van der Waals surface area contributed by atoms with E-state index >= 15 is 0 Å². The summed E-state index contributed by atoms with van der Waals surface area (Å²) in [6, 6.07) is 0.413. The molecule has 1 saturated heterocycles. The highest BCUT2D eigenvalue weighted by molar-refractivity contribution is 5.40.